The van der Waals surface area contributed by atoms with Crippen molar-refractivity contribution in [1.29, 1.82) is 0 Å². The van der Waals surface area contributed by atoms with Crippen LogP contribution in [0.4, 0.5) is 0 Å². The standard InChI is InChI=1S/C15H14ClNO2/c16-11-5-2-1-4-9(11)10-8-14(19)17-12-6-3-7-13(18)15(10)12/h1-2,4-5,10H,3,6-8H2,(H,17,19)/t10-/m1/s1. The number of amides is 1. The first-order valence-electron chi connectivity index (χ1n) is 6.47. The Balaban J connectivity index is 2.11. The Morgan fingerprint density at radius 3 is 2.74 bits per heavy atom. The molecule has 3 nitrogen and oxygen atoms in total. The Morgan fingerprint density at radius 2 is 1.95 bits per heavy atom. The third-order valence-corrected chi connectivity index (χ3v) is 4.11. The van der Waals surface area contributed by atoms with Crippen molar-refractivity contribution < 1.29 is 9.59 Å². The van der Waals surface area contributed by atoms with Gasteiger partial charge in [0.25, 0.3) is 0 Å². The molecule has 0 unspecified atom stereocenters. The van der Waals surface area contributed by atoms with Crippen LogP contribution in [0.5, 0.6) is 0 Å². The van der Waals surface area contributed by atoms with Crippen molar-refractivity contribution in [2.75, 3.05) is 0 Å². The summed E-state index contributed by atoms with van der Waals surface area (Å²) in [5.74, 6) is -0.0743. The van der Waals surface area contributed by atoms with Gasteiger partial charge >= 0.3 is 0 Å². The minimum absolute atomic E-state index is 0.0293. The van der Waals surface area contributed by atoms with Gasteiger partial charge in [-0.15, -0.1) is 0 Å². The van der Waals surface area contributed by atoms with Crippen molar-refractivity contribution in [2.45, 2.75) is 31.6 Å². The summed E-state index contributed by atoms with van der Waals surface area (Å²) < 4.78 is 0. The van der Waals surface area contributed by atoms with Gasteiger partial charge in [0.1, 0.15) is 0 Å². The van der Waals surface area contributed by atoms with Gasteiger partial charge in [-0.25, -0.2) is 0 Å². The van der Waals surface area contributed by atoms with Crippen LogP contribution in [0.2, 0.25) is 5.02 Å². The fourth-order valence-electron chi connectivity index (χ4n) is 2.93. The molecule has 19 heavy (non-hydrogen) atoms. The Kier molecular flexibility index (Phi) is 3.15. The highest BCUT2D eigenvalue weighted by atomic mass is 35.5. The molecule has 3 rings (SSSR count). The normalized spacial score (nSPS) is 23.1. The summed E-state index contributed by atoms with van der Waals surface area (Å²) in [7, 11) is 0. The van der Waals surface area contributed by atoms with Crippen LogP contribution in [-0.2, 0) is 9.59 Å². The topological polar surface area (TPSA) is 46.2 Å². The van der Waals surface area contributed by atoms with E-state index in [-0.39, 0.29) is 17.6 Å². The quantitative estimate of drug-likeness (QED) is 0.856. The number of benzene rings is 1. The van der Waals surface area contributed by atoms with Gasteiger partial charge in [0.15, 0.2) is 5.78 Å². The molecule has 1 aromatic carbocycles. The molecular formula is C15H14ClNO2. The van der Waals surface area contributed by atoms with E-state index in [2.05, 4.69) is 5.32 Å². The minimum atomic E-state index is -0.190. The summed E-state index contributed by atoms with van der Waals surface area (Å²) in [6.45, 7) is 0. The minimum Gasteiger partial charge on any atom is -0.329 e. The average molecular weight is 276 g/mol. The lowest BCUT2D eigenvalue weighted by Gasteiger charge is -2.31. The number of carbonyl (C=O) groups is 2. The van der Waals surface area contributed by atoms with E-state index in [1.54, 1.807) is 6.07 Å². The Labute approximate surface area is 116 Å². The second-order valence-corrected chi connectivity index (χ2v) is 5.40. The van der Waals surface area contributed by atoms with E-state index in [1.807, 2.05) is 18.2 Å². The van der Waals surface area contributed by atoms with Crippen LogP contribution in [0.15, 0.2) is 35.5 Å². The summed E-state index contributed by atoms with van der Waals surface area (Å²) in [6, 6.07) is 7.45. The van der Waals surface area contributed by atoms with Crippen LogP contribution in [0.25, 0.3) is 0 Å². The summed E-state index contributed by atoms with van der Waals surface area (Å²) >= 11 is 6.22. The molecule has 1 amide bonds. The molecule has 1 aromatic rings. The van der Waals surface area contributed by atoms with E-state index < -0.39 is 0 Å². The highest BCUT2D eigenvalue weighted by molar-refractivity contribution is 6.31. The molecule has 1 aliphatic heterocycles. The number of rotatable bonds is 1. The van der Waals surface area contributed by atoms with E-state index >= 15 is 0 Å². The van der Waals surface area contributed by atoms with Crippen molar-refractivity contribution in [3.63, 3.8) is 0 Å². The van der Waals surface area contributed by atoms with Crippen LogP contribution < -0.4 is 5.32 Å². The van der Waals surface area contributed by atoms with Gasteiger partial charge in [-0.2, -0.15) is 0 Å². The fraction of sp³-hybridized carbons (Fsp3) is 0.333. The third kappa shape index (κ3) is 2.19. The van der Waals surface area contributed by atoms with Crippen LogP contribution >= 0.6 is 11.6 Å². The number of hydrogen-bond acceptors (Lipinski definition) is 2. The number of ketones is 1. The molecule has 0 saturated heterocycles. The molecule has 98 valence electrons. The Bertz CT molecular complexity index is 592. The molecule has 0 spiro atoms. The van der Waals surface area contributed by atoms with Gasteiger partial charge in [-0.1, -0.05) is 29.8 Å². The first-order valence-corrected chi connectivity index (χ1v) is 6.85. The molecule has 0 radical (unpaired) electrons. The molecule has 4 heteroatoms. The molecule has 1 heterocycles. The number of carbonyl (C=O) groups excluding carboxylic acids is 2. The number of Topliss-reactive ketones (excluding diaryl/α,β-unsaturated/α-hetero) is 1. The first kappa shape index (κ1) is 12.4. The molecule has 0 saturated carbocycles. The maximum Gasteiger partial charge on any atom is 0.225 e. The zero-order valence-electron chi connectivity index (χ0n) is 10.4. The monoisotopic (exact) mass is 275 g/mol. The van der Waals surface area contributed by atoms with Crippen molar-refractivity contribution in [2.24, 2.45) is 0 Å². The summed E-state index contributed by atoms with van der Waals surface area (Å²) in [5, 5.41) is 3.46. The van der Waals surface area contributed by atoms with Crippen molar-refractivity contribution in [3.05, 3.63) is 46.1 Å². The maximum atomic E-state index is 12.2. The van der Waals surface area contributed by atoms with Crippen molar-refractivity contribution >= 4 is 23.3 Å². The lowest BCUT2D eigenvalue weighted by molar-refractivity contribution is -0.122. The van der Waals surface area contributed by atoms with Crippen molar-refractivity contribution in [1.82, 2.24) is 5.32 Å². The highest BCUT2D eigenvalue weighted by Crippen LogP contribution is 2.40. The zero-order chi connectivity index (χ0) is 13.4. The maximum absolute atomic E-state index is 12.2. The largest absolute Gasteiger partial charge is 0.329 e. The van der Waals surface area contributed by atoms with Crippen LogP contribution in [0, 0.1) is 0 Å². The lowest BCUT2D eigenvalue weighted by Crippen LogP contribution is -2.36. The molecule has 0 fully saturated rings. The van der Waals surface area contributed by atoms with Gasteiger partial charge in [-0.05, 0) is 24.5 Å². The predicted octanol–water partition coefficient (Wildman–Crippen LogP) is 2.95. The first-order chi connectivity index (χ1) is 9.16. The molecule has 0 bridgehead atoms. The van der Waals surface area contributed by atoms with Gasteiger partial charge < -0.3 is 5.32 Å². The number of allylic oxidation sites excluding steroid dienone is 2. The Morgan fingerprint density at radius 1 is 1.16 bits per heavy atom. The van der Waals surface area contributed by atoms with Gasteiger partial charge in [0.2, 0.25) is 5.91 Å². The summed E-state index contributed by atoms with van der Waals surface area (Å²) in [5.41, 5.74) is 2.44. The number of nitrogens with one attached hydrogen (secondary N) is 1. The predicted molar refractivity (Wildman–Crippen MR) is 72.8 cm³/mol. The second-order valence-electron chi connectivity index (χ2n) is 5.00. The number of halogens is 1. The van der Waals surface area contributed by atoms with Gasteiger partial charge in [0.05, 0.1) is 0 Å². The molecule has 0 aromatic heterocycles. The van der Waals surface area contributed by atoms with E-state index in [4.69, 9.17) is 11.6 Å². The second kappa shape index (κ2) is 4.82. The molecule has 2 aliphatic rings. The van der Waals surface area contributed by atoms with Crippen LogP contribution in [0.3, 0.4) is 0 Å². The third-order valence-electron chi connectivity index (χ3n) is 3.77. The van der Waals surface area contributed by atoms with E-state index in [0.717, 1.165) is 29.7 Å². The fourth-order valence-corrected chi connectivity index (χ4v) is 3.20. The van der Waals surface area contributed by atoms with Crippen LogP contribution in [0.1, 0.15) is 37.2 Å². The number of hydrogen-bond donors (Lipinski definition) is 1. The summed E-state index contributed by atoms with van der Waals surface area (Å²) in [6.07, 6.45) is 2.45. The highest BCUT2D eigenvalue weighted by Gasteiger charge is 2.35. The SMILES string of the molecule is O=C1C[C@H](c2ccccc2Cl)C2=C(CCCC2=O)N1. The average Bonchev–Trinajstić information content (AvgIpc) is 2.38. The van der Waals surface area contributed by atoms with Crippen molar-refractivity contribution in [3.8, 4) is 0 Å². The molecule has 1 N–H and O–H groups in total. The van der Waals surface area contributed by atoms with E-state index in [9.17, 15) is 9.59 Å². The van der Waals surface area contributed by atoms with E-state index in [1.165, 1.54) is 0 Å². The molecule has 1 atom stereocenters. The van der Waals surface area contributed by atoms with Gasteiger partial charge in [-0.3, -0.25) is 9.59 Å². The van der Waals surface area contributed by atoms with Crippen LogP contribution in [-0.4, -0.2) is 11.7 Å². The summed E-state index contributed by atoms with van der Waals surface area (Å²) in [4.78, 5) is 24.0. The smallest absolute Gasteiger partial charge is 0.225 e. The molecular weight excluding hydrogens is 262 g/mol. The van der Waals surface area contributed by atoms with Gasteiger partial charge in [0, 0.05) is 35.1 Å². The molecule has 1 aliphatic carbocycles. The lowest BCUT2D eigenvalue weighted by atomic mass is 9.78. The Hall–Kier alpha value is -1.61. The van der Waals surface area contributed by atoms with E-state index in [0.29, 0.717) is 17.9 Å². The zero-order valence-corrected chi connectivity index (χ0v) is 11.2.